The van der Waals surface area contributed by atoms with Crippen LogP contribution in [0.5, 0.6) is 0 Å². The van der Waals surface area contributed by atoms with Crippen molar-refractivity contribution in [2.75, 3.05) is 0 Å². The minimum Gasteiger partial charge on any atom is -0.0654 e. The monoisotopic (exact) mass is 198 g/mol. The first kappa shape index (κ1) is 14.0. The second kappa shape index (κ2) is 7.31. The zero-order valence-electron chi connectivity index (χ0n) is 11.1. The summed E-state index contributed by atoms with van der Waals surface area (Å²) in [5, 5.41) is 0. The Morgan fingerprint density at radius 2 is 1.36 bits per heavy atom. The molecule has 0 N–H and O–H groups in total. The highest BCUT2D eigenvalue weighted by atomic mass is 14.3. The molecule has 1 unspecified atom stereocenters. The van der Waals surface area contributed by atoms with Gasteiger partial charge in [0.1, 0.15) is 0 Å². The Morgan fingerprint density at radius 1 is 0.857 bits per heavy atom. The molecule has 0 aliphatic heterocycles. The minimum atomic E-state index is 0.844. The summed E-state index contributed by atoms with van der Waals surface area (Å²) in [4.78, 5) is 0. The lowest BCUT2D eigenvalue weighted by Crippen LogP contribution is -2.25. The van der Waals surface area contributed by atoms with E-state index in [1.54, 1.807) is 0 Å². The highest BCUT2D eigenvalue weighted by Crippen LogP contribution is 2.33. The van der Waals surface area contributed by atoms with Gasteiger partial charge in [0.05, 0.1) is 0 Å². The molecule has 86 valence electrons. The number of hydrogen-bond donors (Lipinski definition) is 0. The van der Waals surface area contributed by atoms with Gasteiger partial charge in [-0.3, -0.25) is 0 Å². The first-order valence-corrected chi connectivity index (χ1v) is 6.54. The molecule has 0 aromatic heterocycles. The Hall–Kier alpha value is 0. The summed E-state index contributed by atoms with van der Waals surface area (Å²) in [6.07, 6.45) is 5.56. The van der Waals surface area contributed by atoms with E-state index in [1.165, 1.54) is 25.7 Å². The lowest BCUT2D eigenvalue weighted by molar-refractivity contribution is 0.169. The predicted octanol–water partition coefficient (Wildman–Crippen LogP) is 5.13. The van der Waals surface area contributed by atoms with Crippen LogP contribution in [0.25, 0.3) is 0 Å². The summed E-state index contributed by atoms with van der Waals surface area (Å²) in [6.45, 7) is 14.2. The molecule has 0 aromatic carbocycles. The highest BCUT2D eigenvalue weighted by Gasteiger charge is 2.25. The van der Waals surface area contributed by atoms with E-state index < -0.39 is 0 Å². The van der Waals surface area contributed by atoms with Crippen molar-refractivity contribution in [1.29, 1.82) is 0 Å². The standard InChI is InChI=1S/C14H30/c1-7-9-10-13(8-2)14(11(3)4)12(5)6/h11-14H,7-10H2,1-6H3. The molecule has 0 fully saturated rings. The maximum absolute atomic E-state index is 2.39. The van der Waals surface area contributed by atoms with Crippen LogP contribution in [0.3, 0.4) is 0 Å². The van der Waals surface area contributed by atoms with Crippen molar-refractivity contribution >= 4 is 0 Å². The molecule has 14 heavy (non-hydrogen) atoms. The van der Waals surface area contributed by atoms with Gasteiger partial charge in [-0.2, -0.15) is 0 Å². The molecule has 0 saturated heterocycles. The Bertz CT molecular complexity index is 116. The van der Waals surface area contributed by atoms with Crippen molar-refractivity contribution in [3.63, 3.8) is 0 Å². The van der Waals surface area contributed by atoms with Crippen molar-refractivity contribution in [2.45, 2.75) is 67.2 Å². The van der Waals surface area contributed by atoms with Crippen molar-refractivity contribution in [3.05, 3.63) is 0 Å². The summed E-state index contributed by atoms with van der Waals surface area (Å²) in [5.41, 5.74) is 0. The van der Waals surface area contributed by atoms with Crippen LogP contribution >= 0.6 is 0 Å². The summed E-state index contributed by atoms with van der Waals surface area (Å²) in [7, 11) is 0. The SMILES string of the molecule is CCCCC(CC)C(C(C)C)C(C)C. The fraction of sp³-hybridized carbons (Fsp3) is 1.00. The Balaban J connectivity index is 4.26. The van der Waals surface area contributed by atoms with Crippen LogP contribution in [0, 0.1) is 23.7 Å². The molecule has 0 heteroatoms. The Labute approximate surface area is 91.5 Å². The van der Waals surface area contributed by atoms with E-state index in [9.17, 15) is 0 Å². The maximum atomic E-state index is 2.39. The molecule has 0 bridgehead atoms. The van der Waals surface area contributed by atoms with E-state index in [-0.39, 0.29) is 0 Å². The topological polar surface area (TPSA) is 0 Å². The van der Waals surface area contributed by atoms with Crippen LogP contribution in [0.1, 0.15) is 67.2 Å². The molecule has 0 amide bonds. The number of rotatable bonds is 7. The quantitative estimate of drug-likeness (QED) is 0.532. The molecule has 0 spiro atoms. The smallest absolute Gasteiger partial charge is 0.0340 e. The van der Waals surface area contributed by atoms with E-state index >= 15 is 0 Å². The first-order valence-electron chi connectivity index (χ1n) is 6.54. The fourth-order valence-corrected chi connectivity index (χ4v) is 2.99. The second-order valence-electron chi connectivity index (χ2n) is 5.38. The van der Waals surface area contributed by atoms with Gasteiger partial charge in [-0.05, 0) is 23.7 Å². The average molecular weight is 198 g/mol. The molecule has 0 radical (unpaired) electrons. The van der Waals surface area contributed by atoms with Crippen molar-refractivity contribution in [2.24, 2.45) is 23.7 Å². The van der Waals surface area contributed by atoms with E-state index in [0.29, 0.717) is 0 Å². The van der Waals surface area contributed by atoms with Gasteiger partial charge in [0.2, 0.25) is 0 Å². The first-order chi connectivity index (χ1) is 6.54. The van der Waals surface area contributed by atoms with E-state index in [0.717, 1.165) is 23.7 Å². The van der Waals surface area contributed by atoms with Crippen LogP contribution < -0.4 is 0 Å². The normalized spacial score (nSPS) is 14.4. The molecule has 0 aromatic rings. The Kier molecular flexibility index (Phi) is 7.31. The molecular formula is C14H30. The van der Waals surface area contributed by atoms with Crippen molar-refractivity contribution < 1.29 is 0 Å². The Morgan fingerprint density at radius 3 is 1.64 bits per heavy atom. The highest BCUT2D eigenvalue weighted by molar-refractivity contribution is 4.74. The van der Waals surface area contributed by atoms with Crippen molar-refractivity contribution in [1.82, 2.24) is 0 Å². The van der Waals surface area contributed by atoms with Gasteiger partial charge in [0.15, 0.2) is 0 Å². The summed E-state index contributed by atoms with van der Waals surface area (Å²) < 4.78 is 0. The molecule has 0 nitrogen and oxygen atoms in total. The van der Waals surface area contributed by atoms with Gasteiger partial charge in [-0.1, -0.05) is 67.2 Å². The van der Waals surface area contributed by atoms with Gasteiger partial charge < -0.3 is 0 Å². The lowest BCUT2D eigenvalue weighted by atomic mass is 9.73. The third-order valence-electron chi connectivity index (χ3n) is 3.54. The van der Waals surface area contributed by atoms with Crippen LogP contribution in [0.4, 0.5) is 0 Å². The van der Waals surface area contributed by atoms with E-state index in [2.05, 4.69) is 41.5 Å². The van der Waals surface area contributed by atoms with Gasteiger partial charge in [-0.25, -0.2) is 0 Å². The van der Waals surface area contributed by atoms with Crippen LogP contribution in [0.15, 0.2) is 0 Å². The molecular weight excluding hydrogens is 168 g/mol. The fourth-order valence-electron chi connectivity index (χ4n) is 2.99. The zero-order valence-corrected chi connectivity index (χ0v) is 11.1. The summed E-state index contributed by atoms with van der Waals surface area (Å²) >= 11 is 0. The largest absolute Gasteiger partial charge is 0.0654 e. The summed E-state index contributed by atoms with van der Waals surface area (Å²) in [5.74, 6) is 3.56. The summed E-state index contributed by atoms with van der Waals surface area (Å²) in [6, 6.07) is 0. The van der Waals surface area contributed by atoms with Gasteiger partial charge in [-0.15, -0.1) is 0 Å². The van der Waals surface area contributed by atoms with Gasteiger partial charge in [0.25, 0.3) is 0 Å². The van der Waals surface area contributed by atoms with Crippen LogP contribution in [-0.2, 0) is 0 Å². The van der Waals surface area contributed by atoms with Gasteiger partial charge >= 0.3 is 0 Å². The second-order valence-corrected chi connectivity index (χ2v) is 5.38. The zero-order chi connectivity index (χ0) is 11.1. The molecule has 1 atom stereocenters. The lowest BCUT2D eigenvalue weighted by Gasteiger charge is -2.33. The van der Waals surface area contributed by atoms with E-state index in [4.69, 9.17) is 0 Å². The number of hydrogen-bond acceptors (Lipinski definition) is 0. The average Bonchev–Trinajstić information content (AvgIpc) is 2.10. The van der Waals surface area contributed by atoms with Crippen LogP contribution in [0.2, 0.25) is 0 Å². The van der Waals surface area contributed by atoms with Crippen molar-refractivity contribution in [3.8, 4) is 0 Å². The molecule has 0 saturated carbocycles. The van der Waals surface area contributed by atoms with E-state index in [1.807, 2.05) is 0 Å². The molecule has 0 heterocycles. The third kappa shape index (κ3) is 4.48. The maximum Gasteiger partial charge on any atom is -0.0340 e. The molecule has 0 rings (SSSR count). The molecule has 0 aliphatic rings. The minimum absolute atomic E-state index is 0.844. The van der Waals surface area contributed by atoms with Gasteiger partial charge in [0, 0.05) is 0 Å². The molecule has 0 aliphatic carbocycles. The predicted molar refractivity (Wildman–Crippen MR) is 66.5 cm³/mol. The number of unbranched alkanes of at least 4 members (excludes halogenated alkanes) is 1. The third-order valence-corrected chi connectivity index (χ3v) is 3.54. The van der Waals surface area contributed by atoms with Crippen LogP contribution in [-0.4, -0.2) is 0 Å².